The number of carbonyl (C=O) groups excluding carboxylic acids is 1. The first kappa shape index (κ1) is 13.4. The Bertz CT molecular complexity index is 170. The average molecular weight is 202 g/mol. The molecule has 14 heavy (non-hydrogen) atoms. The van der Waals surface area contributed by atoms with Crippen molar-refractivity contribution < 1.29 is 9.53 Å². The third kappa shape index (κ3) is 3.64. The summed E-state index contributed by atoms with van der Waals surface area (Å²) >= 11 is 0. The molecule has 84 valence electrons. The summed E-state index contributed by atoms with van der Waals surface area (Å²) in [6, 6.07) is 0.247. The molecule has 4 nitrogen and oxygen atoms in total. The van der Waals surface area contributed by atoms with Crippen LogP contribution in [0.3, 0.4) is 0 Å². The van der Waals surface area contributed by atoms with Gasteiger partial charge in [-0.25, -0.2) is 0 Å². The van der Waals surface area contributed by atoms with E-state index in [0.717, 1.165) is 12.8 Å². The first-order valence-electron chi connectivity index (χ1n) is 5.07. The van der Waals surface area contributed by atoms with Gasteiger partial charge in [0.15, 0.2) is 0 Å². The third-order valence-electron chi connectivity index (χ3n) is 2.49. The van der Waals surface area contributed by atoms with Crippen LogP contribution in [0.2, 0.25) is 0 Å². The highest BCUT2D eigenvalue weighted by Gasteiger charge is 2.22. The number of hydrogen-bond donors (Lipinski definition) is 1. The van der Waals surface area contributed by atoms with Gasteiger partial charge in [-0.3, -0.25) is 4.79 Å². The lowest BCUT2D eigenvalue weighted by molar-refractivity contribution is -0.141. The average Bonchev–Trinajstić information content (AvgIpc) is 2.18. The van der Waals surface area contributed by atoms with Gasteiger partial charge in [0.25, 0.3) is 5.91 Å². The second-order valence-electron chi connectivity index (χ2n) is 3.55. The van der Waals surface area contributed by atoms with Crippen molar-refractivity contribution in [2.24, 2.45) is 5.73 Å². The minimum absolute atomic E-state index is 0.0315. The van der Waals surface area contributed by atoms with Gasteiger partial charge in [0, 0.05) is 26.7 Å². The van der Waals surface area contributed by atoms with Gasteiger partial charge in [-0.2, -0.15) is 0 Å². The Balaban J connectivity index is 4.21. The van der Waals surface area contributed by atoms with E-state index in [1.54, 1.807) is 11.9 Å². The normalized spacial score (nSPS) is 14.9. The molecule has 0 aliphatic heterocycles. The summed E-state index contributed by atoms with van der Waals surface area (Å²) in [6.45, 7) is 4.37. The SMILES string of the molecule is CCCC(C)N(C)C(=O)C(CN)OC. The van der Waals surface area contributed by atoms with Gasteiger partial charge < -0.3 is 15.4 Å². The number of likely N-dealkylation sites (N-methyl/N-ethyl adjacent to an activating group) is 1. The number of carbonyl (C=O) groups is 1. The lowest BCUT2D eigenvalue weighted by Crippen LogP contribution is -2.45. The zero-order valence-corrected chi connectivity index (χ0v) is 9.62. The molecule has 2 N–H and O–H groups in total. The maximum Gasteiger partial charge on any atom is 0.252 e. The lowest BCUT2D eigenvalue weighted by atomic mass is 10.1. The molecule has 0 radical (unpaired) electrons. The summed E-state index contributed by atoms with van der Waals surface area (Å²) in [6.07, 6.45) is 1.57. The molecule has 0 saturated heterocycles. The number of rotatable bonds is 6. The van der Waals surface area contributed by atoms with Crippen LogP contribution >= 0.6 is 0 Å². The van der Waals surface area contributed by atoms with Crippen LogP contribution in [-0.2, 0) is 9.53 Å². The molecule has 0 aromatic rings. The first-order chi connectivity index (χ1) is 6.58. The number of ether oxygens (including phenoxy) is 1. The zero-order chi connectivity index (χ0) is 11.1. The van der Waals surface area contributed by atoms with Gasteiger partial charge in [0.1, 0.15) is 6.10 Å². The van der Waals surface area contributed by atoms with Crippen molar-refractivity contribution in [1.29, 1.82) is 0 Å². The largest absolute Gasteiger partial charge is 0.370 e. The van der Waals surface area contributed by atoms with Crippen LogP contribution < -0.4 is 5.73 Å². The molecule has 0 aromatic carbocycles. The van der Waals surface area contributed by atoms with Crippen molar-refractivity contribution in [3.05, 3.63) is 0 Å². The molecule has 4 heteroatoms. The summed E-state index contributed by atoms with van der Waals surface area (Å²) in [4.78, 5) is 13.5. The lowest BCUT2D eigenvalue weighted by Gasteiger charge is -2.27. The van der Waals surface area contributed by atoms with Crippen molar-refractivity contribution in [1.82, 2.24) is 4.90 Å². The Kier molecular flexibility index (Phi) is 6.49. The molecule has 0 fully saturated rings. The fourth-order valence-corrected chi connectivity index (χ4v) is 1.35. The van der Waals surface area contributed by atoms with E-state index in [0.29, 0.717) is 0 Å². The quantitative estimate of drug-likeness (QED) is 0.686. The summed E-state index contributed by atoms with van der Waals surface area (Å²) in [5, 5.41) is 0. The van der Waals surface area contributed by atoms with E-state index < -0.39 is 6.10 Å². The van der Waals surface area contributed by atoms with Gasteiger partial charge in [0.2, 0.25) is 0 Å². The zero-order valence-electron chi connectivity index (χ0n) is 9.62. The molecule has 0 bridgehead atoms. The van der Waals surface area contributed by atoms with Crippen molar-refractivity contribution in [2.75, 3.05) is 20.7 Å². The molecule has 0 aliphatic rings. The van der Waals surface area contributed by atoms with E-state index in [4.69, 9.17) is 10.5 Å². The Labute approximate surface area is 86.4 Å². The minimum Gasteiger partial charge on any atom is -0.370 e. The molecule has 0 spiro atoms. The number of methoxy groups -OCH3 is 1. The van der Waals surface area contributed by atoms with Crippen molar-refractivity contribution >= 4 is 5.91 Å². The molecule has 0 saturated carbocycles. The Morgan fingerprint density at radius 2 is 2.14 bits per heavy atom. The van der Waals surface area contributed by atoms with Gasteiger partial charge in [0.05, 0.1) is 0 Å². The predicted octanol–water partition coefficient (Wildman–Crippen LogP) is 0.607. The van der Waals surface area contributed by atoms with E-state index in [1.165, 1.54) is 7.11 Å². The van der Waals surface area contributed by atoms with E-state index in [9.17, 15) is 4.79 Å². The monoisotopic (exact) mass is 202 g/mol. The van der Waals surface area contributed by atoms with Gasteiger partial charge in [-0.05, 0) is 13.3 Å². The molecule has 0 heterocycles. The van der Waals surface area contributed by atoms with E-state index in [1.807, 2.05) is 6.92 Å². The molecule has 1 amide bonds. The maximum absolute atomic E-state index is 11.7. The summed E-state index contributed by atoms with van der Waals surface area (Å²) in [5.41, 5.74) is 5.42. The number of hydrogen-bond acceptors (Lipinski definition) is 3. The Hall–Kier alpha value is -0.610. The van der Waals surface area contributed by atoms with Crippen molar-refractivity contribution in [3.8, 4) is 0 Å². The second kappa shape index (κ2) is 6.79. The molecular weight excluding hydrogens is 180 g/mol. The predicted molar refractivity (Wildman–Crippen MR) is 57.0 cm³/mol. The molecule has 2 unspecified atom stereocenters. The first-order valence-corrected chi connectivity index (χ1v) is 5.07. The third-order valence-corrected chi connectivity index (χ3v) is 2.49. The smallest absolute Gasteiger partial charge is 0.252 e. The highest BCUT2D eigenvalue weighted by molar-refractivity contribution is 5.81. The van der Waals surface area contributed by atoms with E-state index >= 15 is 0 Å². The topological polar surface area (TPSA) is 55.6 Å². The number of nitrogens with zero attached hydrogens (tertiary/aromatic N) is 1. The van der Waals surface area contributed by atoms with Crippen molar-refractivity contribution in [3.63, 3.8) is 0 Å². The van der Waals surface area contributed by atoms with Gasteiger partial charge >= 0.3 is 0 Å². The molecular formula is C10H22N2O2. The van der Waals surface area contributed by atoms with Crippen LogP contribution in [0.1, 0.15) is 26.7 Å². The molecule has 0 aliphatic carbocycles. The standard InChI is InChI=1S/C10H22N2O2/c1-5-6-8(2)12(3)10(13)9(7-11)14-4/h8-9H,5-7,11H2,1-4H3. The molecule has 2 atom stereocenters. The van der Waals surface area contributed by atoms with E-state index in [-0.39, 0.29) is 18.5 Å². The maximum atomic E-state index is 11.7. The summed E-state index contributed by atoms with van der Waals surface area (Å²) < 4.78 is 4.99. The minimum atomic E-state index is -0.501. The molecule has 0 aromatic heterocycles. The van der Waals surface area contributed by atoms with Crippen LogP contribution in [0.4, 0.5) is 0 Å². The van der Waals surface area contributed by atoms with Crippen LogP contribution in [0.5, 0.6) is 0 Å². The van der Waals surface area contributed by atoms with Gasteiger partial charge in [-0.15, -0.1) is 0 Å². The highest BCUT2D eigenvalue weighted by atomic mass is 16.5. The number of nitrogens with two attached hydrogens (primary N) is 1. The highest BCUT2D eigenvalue weighted by Crippen LogP contribution is 2.06. The summed E-state index contributed by atoms with van der Waals surface area (Å²) in [5.74, 6) is -0.0315. The van der Waals surface area contributed by atoms with Crippen LogP contribution in [0, 0.1) is 0 Å². The number of amides is 1. The van der Waals surface area contributed by atoms with Crippen LogP contribution in [0.15, 0.2) is 0 Å². The van der Waals surface area contributed by atoms with Crippen molar-refractivity contribution in [2.45, 2.75) is 38.8 Å². The Morgan fingerprint density at radius 3 is 2.50 bits per heavy atom. The molecule has 0 rings (SSSR count). The second-order valence-corrected chi connectivity index (χ2v) is 3.55. The van der Waals surface area contributed by atoms with Crippen LogP contribution in [-0.4, -0.2) is 43.7 Å². The fourth-order valence-electron chi connectivity index (χ4n) is 1.35. The van der Waals surface area contributed by atoms with Gasteiger partial charge in [-0.1, -0.05) is 13.3 Å². The Morgan fingerprint density at radius 1 is 1.57 bits per heavy atom. The van der Waals surface area contributed by atoms with E-state index in [2.05, 4.69) is 6.92 Å². The van der Waals surface area contributed by atoms with Crippen LogP contribution in [0.25, 0.3) is 0 Å². The summed E-state index contributed by atoms with van der Waals surface area (Å²) in [7, 11) is 3.30. The fraction of sp³-hybridized carbons (Fsp3) is 0.900.